The van der Waals surface area contributed by atoms with Crippen LogP contribution in [0.4, 0.5) is 5.69 Å². The lowest BCUT2D eigenvalue weighted by molar-refractivity contribution is -0.127. The molecule has 1 unspecified atom stereocenters. The number of aryl methyl sites for hydroxylation is 1. The number of hydrogen-bond acceptors (Lipinski definition) is 2. The molecule has 0 bridgehead atoms. The van der Waals surface area contributed by atoms with Crippen LogP contribution >= 0.6 is 0 Å². The molecule has 0 saturated carbocycles. The smallest absolute Gasteiger partial charge is 0.223 e. The summed E-state index contributed by atoms with van der Waals surface area (Å²) < 4.78 is 0. The van der Waals surface area contributed by atoms with Crippen molar-refractivity contribution < 1.29 is 4.79 Å². The van der Waals surface area contributed by atoms with E-state index in [0.717, 1.165) is 36.7 Å². The van der Waals surface area contributed by atoms with Gasteiger partial charge in [0, 0.05) is 37.7 Å². The number of nitrogens with one attached hydrogen (secondary N) is 2. The van der Waals surface area contributed by atoms with Gasteiger partial charge in [0.1, 0.15) is 0 Å². The van der Waals surface area contributed by atoms with Gasteiger partial charge in [0.15, 0.2) is 5.96 Å². The molecule has 1 heterocycles. The van der Waals surface area contributed by atoms with Crippen LogP contribution < -0.4 is 10.6 Å². The van der Waals surface area contributed by atoms with Crippen molar-refractivity contribution in [3.8, 4) is 0 Å². The zero-order valence-electron chi connectivity index (χ0n) is 19.2. The van der Waals surface area contributed by atoms with Gasteiger partial charge >= 0.3 is 0 Å². The van der Waals surface area contributed by atoms with E-state index in [1.54, 1.807) is 0 Å². The van der Waals surface area contributed by atoms with Gasteiger partial charge in [0.05, 0.1) is 6.54 Å². The van der Waals surface area contributed by atoms with Crippen LogP contribution in [-0.4, -0.2) is 36.4 Å². The largest absolute Gasteiger partial charge is 0.356 e. The SMILES string of the molecule is Cc1ccc(CN=C(NCC2CC(=O)N(CCc3ccccc3)C2)Nc2ccccc2)cc1. The molecule has 5 heteroatoms. The molecule has 0 radical (unpaired) electrons. The Bertz CT molecular complexity index is 1050. The van der Waals surface area contributed by atoms with Gasteiger partial charge in [-0.3, -0.25) is 4.79 Å². The van der Waals surface area contributed by atoms with E-state index >= 15 is 0 Å². The molecular weight excluding hydrogens is 408 g/mol. The fourth-order valence-corrected chi connectivity index (χ4v) is 4.02. The second-order valence-corrected chi connectivity index (χ2v) is 8.67. The lowest BCUT2D eigenvalue weighted by atomic mass is 10.1. The molecule has 2 N–H and O–H groups in total. The number of nitrogens with zero attached hydrogens (tertiary/aromatic N) is 2. The van der Waals surface area contributed by atoms with Crippen molar-refractivity contribution in [1.82, 2.24) is 10.2 Å². The van der Waals surface area contributed by atoms with E-state index in [4.69, 9.17) is 4.99 Å². The fraction of sp³-hybridized carbons (Fsp3) is 0.286. The van der Waals surface area contributed by atoms with Crippen molar-refractivity contribution in [2.45, 2.75) is 26.3 Å². The highest BCUT2D eigenvalue weighted by atomic mass is 16.2. The van der Waals surface area contributed by atoms with Gasteiger partial charge in [-0.15, -0.1) is 0 Å². The quantitative estimate of drug-likeness (QED) is 0.396. The zero-order chi connectivity index (χ0) is 22.9. The van der Waals surface area contributed by atoms with E-state index in [1.165, 1.54) is 11.1 Å². The molecule has 0 aliphatic carbocycles. The predicted molar refractivity (Wildman–Crippen MR) is 135 cm³/mol. The minimum Gasteiger partial charge on any atom is -0.356 e. The van der Waals surface area contributed by atoms with Crippen LogP contribution in [0.3, 0.4) is 0 Å². The van der Waals surface area contributed by atoms with E-state index in [2.05, 4.69) is 54.0 Å². The van der Waals surface area contributed by atoms with Crippen LogP contribution in [0.15, 0.2) is 89.9 Å². The van der Waals surface area contributed by atoms with Gasteiger partial charge in [-0.2, -0.15) is 0 Å². The highest BCUT2D eigenvalue weighted by Gasteiger charge is 2.29. The molecule has 1 aliphatic rings. The van der Waals surface area contributed by atoms with Crippen LogP contribution in [0.5, 0.6) is 0 Å². The molecule has 3 aromatic rings. The molecule has 1 atom stereocenters. The number of carbonyl (C=O) groups excluding carboxylic acids is 1. The molecule has 0 aromatic heterocycles. The number of para-hydroxylation sites is 1. The molecule has 0 spiro atoms. The summed E-state index contributed by atoms with van der Waals surface area (Å²) in [4.78, 5) is 19.3. The summed E-state index contributed by atoms with van der Waals surface area (Å²) in [6, 6.07) is 28.8. The van der Waals surface area contributed by atoms with Crippen LogP contribution in [0.1, 0.15) is 23.1 Å². The number of aliphatic imine (C=N–C) groups is 1. The Morgan fingerprint density at radius 3 is 2.36 bits per heavy atom. The topological polar surface area (TPSA) is 56.7 Å². The summed E-state index contributed by atoms with van der Waals surface area (Å²) in [6.07, 6.45) is 1.48. The first kappa shape index (κ1) is 22.6. The van der Waals surface area contributed by atoms with E-state index in [0.29, 0.717) is 19.5 Å². The summed E-state index contributed by atoms with van der Waals surface area (Å²) in [7, 11) is 0. The molecule has 33 heavy (non-hydrogen) atoms. The first-order valence-corrected chi connectivity index (χ1v) is 11.6. The molecule has 1 fully saturated rings. The Kier molecular flexibility index (Phi) is 7.75. The number of benzene rings is 3. The minimum atomic E-state index is 0.242. The zero-order valence-corrected chi connectivity index (χ0v) is 19.2. The Morgan fingerprint density at radius 1 is 0.939 bits per heavy atom. The molecule has 1 aliphatic heterocycles. The second-order valence-electron chi connectivity index (χ2n) is 8.67. The van der Waals surface area contributed by atoms with Crippen molar-refractivity contribution in [3.63, 3.8) is 0 Å². The first-order chi connectivity index (χ1) is 16.2. The van der Waals surface area contributed by atoms with Crippen molar-refractivity contribution in [1.29, 1.82) is 0 Å². The summed E-state index contributed by atoms with van der Waals surface area (Å²) in [5.74, 6) is 1.25. The maximum atomic E-state index is 12.5. The second kappa shape index (κ2) is 11.3. The van der Waals surface area contributed by atoms with Crippen LogP contribution in [0, 0.1) is 12.8 Å². The van der Waals surface area contributed by atoms with Crippen molar-refractivity contribution in [2.24, 2.45) is 10.9 Å². The van der Waals surface area contributed by atoms with Gasteiger partial charge in [-0.05, 0) is 36.6 Å². The van der Waals surface area contributed by atoms with E-state index in [9.17, 15) is 4.79 Å². The van der Waals surface area contributed by atoms with Gasteiger partial charge < -0.3 is 15.5 Å². The molecular formula is C28H32N4O. The maximum absolute atomic E-state index is 12.5. The predicted octanol–water partition coefficient (Wildman–Crippen LogP) is 4.64. The number of rotatable bonds is 8. The number of guanidine groups is 1. The first-order valence-electron chi connectivity index (χ1n) is 11.6. The highest BCUT2D eigenvalue weighted by molar-refractivity contribution is 5.93. The third-order valence-electron chi connectivity index (χ3n) is 5.94. The van der Waals surface area contributed by atoms with E-state index in [-0.39, 0.29) is 11.8 Å². The van der Waals surface area contributed by atoms with Gasteiger partial charge in [-0.1, -0.05) is 78.4 Å². The molecule has 1 saturated heterocycles. The number of carbonyl (C=O) groups is 1. The monoisotopic (exact) mass is 440 g/mol. The summed E-state index contributed by atoms with van der Waals surface area (Å²) in [5.41, 5.74) is 4.66. The number of likely N-dealkylation sites (tertiary alicyclic amines) is 1. The molecule has 4 rings (SSSR count). The Balaban J connectivity index is 1.34. The van der Waals surface area contributed by atoms with Crippen LogP contribution in [0.25, 0.3) is 0 Å². The van der Waals surface area contributed by atoms with Gasteiger partial charge in [-0.25, -0.2) is 4.99 Å². The maximum Gasteiger partial charge on any atom is 0.223 e. The van der Waals surface area contributed by atoms with E-state index in [1.807, 2.05) is 53.4 Å². The molecule has 3 aromatic carbocycles. The molecule has 1 amide bonds. The lowest BCUT2D eigenvalue weighted by Gasteiger charge is -2.18. The number of anilines is 1. The van der Waals surface area contributed by atoms with Crippen molar-refractivity contribution in [2.75, 3.05) is 25.0 Å². The van der Waals surface area contributed by atoms with Crippen LogP contribution in [0.2, 0.25) is 0 Å². The summed E-state index contributed by atoms with van der Waals surface area (Å²) in [5, 5.41) is 6.86. The average molecular weight is 441 g/mol. The van der Waals surface area contributed by atoms with Crippen molar-refractivity contribution in [3.05, 3.63) is 102 Å². The molecule has 170 valence electrons. The Hall–Kier alpha value is -3.60. The normalized spacial score (nSPS) is 16.2. The Morgan fingerprint density at radius 2 is 1.64 bits per heavy atom. The summed E-state index contributed by atoms with van der Waals surface area (Å²) >= 11 is 0. The van der Waals surface area contributed by atoms with Gasteiger partial charge in [0.2, 0.25) is 5.91 Å². The number of amides is 1. The lowest BCUT2D eigenvalue weighted by Crippen LogP contribution is -2.36. The van der Waals surface area contributed by atoms with E-state index < -0.39 is 0 Å². The Labute approximate surface area is 196 Å². The third kappa shape index (κ3) is 6.94. The minimum absolute atomic E-state index is 0.242. The highest BCUT2D eigenvalue weighted by Crippen LogP contribution is 2.18. The standard InChI is InChI=1S/C28H32N4O/c1-22-12-14-24(15-13-22)19-29-28(31-26-10-6-3-7-11-26)30-20-25-18-27(33)32(21-25)17-16-23-8-4-2-5-9-23/h2-15,25H,16-21H2,1H3,(H2,29,30,31). The van der Waals surface area contributed by atoms with Crippen molar-refractivity contribution >= 4 is 17.6 Å². The van der Waals surface area contributed by atoms with Gasteiger partial charge in [0.25, 0.3) is 0 Å². The summed E-state index contributed by atoms with van der Waals surface area (Å²) in [6.45, 7) is 4.95. The number of hydrogen-bond donors (Lipinski definition) is 2. The fourth-order valence-electron chi connectivity index (χ4n) is 4.02. The molecule has 5 nitrogen and oxygen atoms in total. The third-order valence-corrected chi connectivity index (χ3v) is 5.94. The van der Waals surface area contributed by atoms with Crippen LogP contribution in [-0.2, 0) is 17.8 Å². The average Bonchev–Trinajstić information content (AvgIpc) is 3.21.